The second-order valence-electron chi connectivity index (χ2n) is 4.85. The van der Waals surface area contributed by atoms with Gasteiger partial charge in [0.2, 0.25) is 5.91 Å². The summed E-state index contributed by atoms with van der Waals surface area (Å²) in [5, 5.41) is 9.91. The minimum atomic E-state index is -0.950. The van der Waals surface area contributed by atoms with Gasteiger partial charge in [-0.15, -0.1) is 0 Å². The van der Waals surface area contributed by atoms with Gasteiger partial charge in [-0.25, -0.2) is 0 Å². The Morgan fingerprint density at radius 1 is 1.55 bits per heavy atom. The molecule has 0 bridgehead atoms. The summed E-state index contributed by atoms with van der Waals surface area (Å²) in [5.74, 6) is -1.80. The molecule has 1 aromatic rings. The van der Waals surface area contributed by atoms with E-state index >= 15 is 0 Å². The first kappa shape index (κ1) is 15.3. The molecule has 20 heavy (non-hydrogen) atoms. The maximum Gasteiger partial charge on any atom is 0.309 e. The standard InChI is InChI=1S/C14H15BrClNO3/c1-2-5-17-12(18)7-10(14(19)20)13(17)9-6-8(16)3-4-11(9)15/h3-4,6,10,13H,2,5,7H2,1H3,(H,19,20). The van der Waals surface area contributed by atoms with Gasteiger partial charge in [-0.05, 0) is 30.2 Å². The van der Waals surface area contributed by atoms with Crippen molar-refractivity contribution in [2.45, 2.75) is 25.8 Å². The number of carboxylic acids is 1. The van der Waals surface area contributed by atoms with E-state index < -0.39 is 17.9 Å². The van der Waals surface area contributed by atoms with E-state index in [-0.39, 0.29) is 12.3 Å². The molecule has 1 aromatic carbocycles. The van der Waals surface area contributed by atoms with Gasteiger partial charge in [-0.2, -0.15) is 0 Å². The van der Waals surface area contributed by atoms with Gasteiger partial charge in [-0.3, -0.25) is 9.59 Å². The SMILES string of the molecule is CCCN1C(=O)CC(C(=O)O)C1c1cc(Cl)ccc1Br. The minimum absolute atomic E-state index is 0.0406. The number of likely N-dealkylation sites (tertiary alicyclic amines) is 1. The van der Waals surface area contributed by atoms with Gasteiger partial charge in [0.15, 0.2) is 0 Å². The first-order chi connectivity index (χ1) is 9.45. The van der Waals surface area contributed by atoms with E-state index in [0.717, 1.165) is 16.5 Å². The smallest absolute Gasteiger partial charge is 0.309 e. The van der Waals surface area contributed by atoms with E-state index in [1.807, 2.05) is 6.92 Å². The lowest BCUT2D eigenvalue weighted by atomic mass is 9.93. The van der Waals surface area contributed by atoms with Crippen molar-refractivity contribution in [1.29, 1.82) is 0 Å². The molecule has 1 N–H and O–H groups in total. The molecule has 0 radical (unpaired) electrons. The second-order valence-corrected chi connectivity index (χ2v) is 6.14. The van der Waals surface area contributed by atoms with E-state index in [1.165, 1.54) is 0 Å². The topological polar surface area (TPSA) is 57.6 Å². The Balaban J connectivity index is 2.48. The Kier molecular flexibility index (Phi) is 4.70. The molecule has 1 amide bonds. The lowest BCUT2D eigenvalue weighted by Crippen LogP contribution is -2.31. The summed E-state index contributed by atoms with van der Waals surface area (Å²) >= 11 is 9.44. The molecule has 2 rings (SSSR count). The molecule has 0 saturated carbocycles. The Morgan fingerprint density at radius 2 is 2.25 bits per heavy atom. The number of carbonyl (C=O) groups excluding carboxylic acids is 1. The zero-order valence-electron chi connectivity index (χ0n) is 11.0. The molecule has 0 aromatic heterocycles. The summed E-state index contributed by atoms with van der Waals surface area (Å²) in [7, 11) is 0. The van der Waals surface area contributed by atoms with E-state index in [0.29, 0.717) is 11.6 Å². The first-order valence-electron chi connectivity index (χ1n) is 6.43. The van der Waals surface area contributed by atoms with Crippen molar-refractivity contribution in [3.8, 4) is 0 Å². The number of halogens is 2. The molecule has 1 fully saturated rings. The van der Waals surface area contributed by atoms with Gasteiger partial charge in [0.05, 0.1) is 12.0 Å². The highest BCUT2D eigenvalue weighted by molar-refractivity contribution is 9.10. The fraction of sp³-hybridized carbons (Fsp3) is 0.429. The third-order valence-electron chi connectivity index (χ3n) is 3.49. The molecule has 1 aliphatic rings. The molecule has 2 atom stereocenters. The summed E-state index contributed by atoms with van der Waals surface area (Å²) in [5.41, 5.74) is 0.754. The Hall–Kier alpha value is -1.07. The maximum absolute atomic E-state index is 12.1. The third-order valence-corrected chi connectivity index (χ3v) is 4.45. The number of benzene rings is 1. The quantitative estimate of drug-likeness (QED) is 0.894. The molecule has 108 valence electrons. The number of carboxylic acid groups (broad SMARTS) is 1. The number of nitrogens with zero attached hydrogens (tertiary/aromatic N) is 1. The number of carbonyl (C=O) groups is 2. The van der Waals surface area contributed by atoms with Crippen molar-refractivity contribution in [2.75, 3.05) is 6.54 Å². The van der Waals surface area contributed by atoms with Crippen LogP contribution >= 0.6 is 27.5 Å². The molecule has 0 aliphatic carbocycles. The third kappa shape index (κ3) is 2.83. The minimum Gasteiger partial charge on any atom is -0.481 e. The second kappa shape index (κ2) is 6.14. The van der Waals surface area contributed by atoms with Crippen LogP contribution in [0.1, 0.15) is 31.4 Å². The average Bonchev–Trinajstić information content (AvgIpc) is 2.71. The summed E-state index contributed by atoms with van der Waals surface area (Å²) in [4.78, 5) is 25.2. The van der Waals surface area contributed by atoms with Gasteiger partial charge in [0.25, 0.3) is 0 Å². The van der Waals surface area contributed by atoms with Crippen LogP contribution in [-0.4, -0.2) is 28.4 Å². The lowest BCUT2D eigenvalue weighted by Gasteiger charge is -2.28. The molecular weight excluding hydrogens is 346 g/mol. The van der Waals surface area contributed by atoms with Crippen LogP contribution in [0.4, 0.5) is 0 Å². The molecule has 1 heterocycles. The summed E-state index contributed by atoms with van der Waals surface area (Å²) in [6.45, 7) is 2.51. The van der Waals surface area contributed by atoms with E-state index in [9.17, 15) is 14.7 Å². The zero-order chi connectivity index (χ0) is 14.9. The van der Waals surface area contributed by atoms with Crippen molar-refractivity contribution in [3.63, 3.8) is 0 Å². The van der Waals surface area contributed by atoms with Crippen LogP contribution in [0.2, 0.25) is 5.02 Å². The maximum atomic E-state index is 12.1. The molecular formula is C14H15BrClNO3. The van der Waals surface area contributed by atoms with E-state index in [4.69, 9.17) is 11.6 Å². The van der Waals surface area contributed by atoms with Gasteiger partial charge < -0.3 is 10.0 Å². The first-order valence-corrected chi connectivity index (χ1v) is 7.60. The fourth-order valence-electron chi connectivity index (χ4n) is 2.64. The lowest BCUT2D eigenvalue weighted by molar-refractivity contribution is -0.142. The predicted molar refractivity (Wildman–Crippen MR) is 79.6 cm³/mol. The van der Waals surface area contributed by atoms with Crippen LogP contribution in [0.15, 0.2) is 22.7 Å². The van der Waals surface area contributed by atoms with Crippen LogP contribution in [-0.2, 0) is 9.59 Å². The van der Waals surface area contributed by atoms with Gasteiger partial charge in [-0.1, -0.05) is 34.5 Å². The molecule has 1 saturated heterocycles. The fourth-order valence-corrected chi connectivity index (χ4v) is 3.30. The van der Waals surface area contributed by atoms with Gasteiger partial charge >= 0.3 is 5.97 Å². The van der Waals surface area contributed by atoms with Gasteiger partial charge in [0.1, 0.15) is 0 Å². The van der Waals surface area contributed by atoms with Crippen molar-refractivity contribution in [2.24, 2.45) is 5.92 Å². The highest BCUT2D eigenvalue weighted by Crippen LogP contribution is 2.41. The van der Waals surface area contributed by atoms with Crippen molar-refractivity contribution in [1.82, 2.24) is 4.90 Å². The van der Waals surface area contributed by atoms with Crippen LogP contribution < -0.4 is 0 Å². The van der Waals surface area contributed by atoms with Crippen molar-refractivity contribution >= 4 is 39.4 Å². The Labute approximate surface area is 130 Å². The van der Waals surface area contributed by atoms with E-state index in [1.54, 1.807) is 23.1 Å². The summed E-state index contributed by atoms with van der Waals surface area (Å²) in [6, 6.07) is 4.77. The number of amides is 1. The Morgan fingerprint density at radius 3 is 2.85 bits per heavy atom. The van der Waals surface area contributed by atoms with Crippen LogP contribution in [0.5, 0.6) is 0 Å². The summed E-state index contributed by atoms with van der Waals surface area (Å²) < 4.78 is 0.772. The van der Waals surface area contributed by atoms with Crippen LogP contribution in [0.3, 0.4) is 0 Å². The summed E-state index contributed by atoms with van der Waals surface area (Å²) in [6.07, 6.45) is 0.825. The molecule has 4 nitrogen and oxygen atoms in total. The highest BCUT2D eigenvalue weighted by Gasteiger charge is 2.44. The van der Waals surface area contributed by atoms with Crippen LogP contribution in [0.25, 0.3) is 0 Å². The average molecular weight is 361 g/mol. The van der Waals surface area contributed by atoms with Gasteiger partial charge in [0, 0.05) is 22.5 Å². The normalized spacial score (nSPS) is 22.4. The molecule has 2 unspecified atom stereocenters. The predicted octanol–water partition coefficient (Wildman–Crippen LogP) is 3.49. The van der Waals surface area contributed by atoms with Crippen LogP contribution in [0, 0.1) is 5.92 Å². The molecule has 0 spiro atoms. The number of hydrogen-bond donors (Lipinski definition) is 1. The number of rotatable bonds is 4. The molecule has 6 heteroatoms. The number of hydrogen-bond acceptors (Lipinski definition) is 2. The zero-order valence-corrected chi connectivity index (χ0v) is 13.3. The van der Waals surface area contributed by atoms with E-state index in [2.05, 4.69) is 15.9 Å². The Bertz CT molecular complexity index is 549. The highest BCUT2D eigenvalue weighted by atomic mass is 79.9. The number of aliphatic carboxylic acids is 1. The molecule has 1 aliphatic heterocycles. The monoisotopic (exact) mass is 359 g/mol. The largest absolute Gasteiger partial charge is 0.481 e. The van der Waals surface area contributed by atoms with Crippen molar-refractivity contribution in [3.05, 3.63) is 33.3 Å². The van der Waals surface area contributed by atoms with Crippen molar-refractivity contribution < 1.29 is 14.7 Å².